The molecule has 6 aromatic rings. The first-order valence-corrected chi connectivity index (χ1v) is 18.0. The maximum absolute atomic E-state index is 16.3. The Morgan fingerprint density at radius 1 is 1.04 bits per heavy atom. The molecule has 9 nitrogen and oxygen atoms in total. The maximum Gasteiger partial charge on any atom is 0.222 e. The highest BCUT2D eigenvalue weighted by Crippen LogP contribution is 2.49. The molecule has 2 aliphatic rings. The lowest BCUT2D eigenvalue weighted by Crippen LogP contribution is -2.42. The lowest BCUT2D eigenvalue weighted by Gasteiger charge is -2.37. The zero-order valence-corrected chi connectivity index (χ0v) is 29.7. The average molecular weight is 715 g/mol. The van der Waals surface area contributed by atoms with Crippen LogP contribution < -0.4 is 4.74 Å². The van der Waals surface area contributed by atoms with E-state index < -0.39 is 23.6 Å². The van der Waals surface area contributed by atoms with Gasteiger partial charge in [-0.3, -0.25) is 9.48 Å². The van der Waals surface area contributed by atoms with Crippen LogP contribution in [0.15, 0.2) is 41.8 Å². The number of nitrogens with zero attached hydrogens (tertiary/aromatic N) is 6. The van der Waals surface area contributed by atoms with Gasteiger partial charge in [0.15, 0.2) is 0 Å². The maximum atomic E-state index is 16.3. The van der Waals surface area contributed by atoms with Gasteiger partial charge in [0.05, 0.1) is 57.5 Å². The van der Waals surface area contributed by atoms with E-state index in [9.17, 15) is 14.3 Å². The topological polar surface area (TPSA) is 98.3 Å². The normalized spacial score (nSPS) is 20.2. The third kappa shape index (κ3) is 5.48. The third-order valence-corrected chi connectivity index (χ3v) is 11.4. The number of thiophene rings is 1. The predicted molar refractivity (Wildman–Crippen MR) is 190 cm³/mol. The van der Waals surface area contributed by atoms with Crippen LogP contribution in [-0.2, 0) is 11.8 Å². The fraction of sp³-hybridized carbons (Fsp3) is 0.368. The average Bonchev–Trinajstić information content (AvgIpc) is 3.79. The van der Waals surface area contributed by atoms with Crippen LogP contribution in [0.5, 0.6) is 5.75 Å². The molecule has 0 spiro atoms. The molecule has 1 amide bonds. The molecule has 264 valence electrons. The fourth-order valence-electron chi connectivity index (χ4n) is 7.51. The molecule has 13 heteroatoms. The number of hydrogen-bond donors (Lipinski definition) is 1. The molecule has 5 heterocycles. The fourth-order valence-corrected chi connectivity index (χ4v) is 8.45. The van der Waals surface area contributed by atoms with Crippen molar-refractivity contribution in [2.24, 2.45) is 13.0 Å². The number of halogens is 3. The van der Waals surface area contributed by atoms with Gasteiger partial charge in [-0.15, -0.1) is 11.3 Å². The van der Waals surface area contributed by atoms with Gasteiger partial charge in [0.1, 0.15) is 40.4 Å². The minimum atomic E-state index is -0.933. The van der Waals surface area contributed by atoms with E-state index in [1.165, 1.54) is 5.38 Å². The van der Waals surface area contributed by atoms with Crippen LogP contribution in [0.25, 0.3) is 54.9 Å². The van der Waals surface area contributed by atoms with E-state index in [4.69, 9.17) is 19.8 Å². The SMILES string of the molecule is CCC(=O)N1C[C@H](C)n2nc(-c3nc(-c4ccc5c(c4)nc(C)n5C)c4scc(F)c4c3-c3c(F)cc(F)cc3OCC3CC(O)C3)cc2[C@H]1C. The standard InChI is InChI=1S/C38H37F3N6O3S/c1-6-32(49)46-15-18(2)47-30(19(46)3)14-28(44-47)37-35(33-25(40)12-23(39)13-31(33)50-16-21-9-24(48)10-21)34-26(41)17-51-38(34)36(43-37)22-7-8-29-27(11-22)42-20(4)45(29)5/h7-8,11-14,17-19,21,24,48H,6,9-10,15-16H2,1-5H3/t18-,19+,21?,24?/m0/s1. The molecule has 2 atom stereocenters. The Morgan fingerprint density at radius 2 is 1.82 bits per heavy atom. The van der Waals surface area contributed by atoms with Gasteiger partial charge < -0.3 is 19.3 Å². The molecule has 8 rings (SSSR count). The van der Waals surface area contributed by atoms with Crippen molar-refractivity contribution >= 4 is 38.4 Å². The molecule has 0 unspecified atom stereocenters. The number of ether oxygens (including phenoxy) is 1. The second-order valence-corrected chi connectivity index (χ2v) is 14.7. The number of rotatable bonds is 7. The summed E-state index contributed by atoms with van der Waals surface area (Å²) in [7, 11) is 1.93. The monoisotopic (exact) mass is 714 g/mol. The molecule has 1 aliphatic carbocycles. The Bertz CT molecular complexity index is 2360. The molecule has 1 N–H and O–H groups in total. The number of aryl methyl sites for hydroxylation is 2. The molecule has 4 aromatic heterocycles. The quantitative estimate of drug-likeness (QED) is 0.179. The summed E-state index contributed by atoms with van der Waals surface area (Å²) in [5, 5.41) is 16.3. The lowest BCUT2D eigenvalue weighted by atomic mass is 9.83. The van der Waals surface area contributed by atoms with Crippen molar-refractivity contribution in [3.63, 3.8) is 0 Å². The van der Waals surface area contributed by atoms with Crippen molar-refractivity contribution in [1.29, 1.82) is 0 Å². The van der Waals surface area contributed by atoms with Gasteiger partial charge in [0.25, 0.3) is 0 Å². The Kier molecular flexibility index (Phi) is 8.17. The molecule has 0 radical (unpaired) electrons. The molecule has 0 saturated heterocycles. The second kappa shape index (κ2) is 12.5. The number of imidazole rings is 1. The van der Waals surface area contributed by atoms with E-state index in [1.807, 2.05) is 73.2 Å². The number of amides is 1. The lowest BCUT2D eigenvalue weighted by molar-refractivity contribution is -0.134. The number of aliphatic hydroxyl groups is 1. The molecular weight excluding hydrogens is 678 g/mol. The number of aromatic nitrogens is 5. The highest BCUT2D eigenvalue weighted by molar-refractivity contribution is 7.17. The van der Waals surface area contributed by atoms with E-state index in [-0.39, 0.29) is 58.5 Å². The van der Waals surface area contributed by atoms with Gasteiger partial charge in [0.2, 0.25) is 5.91 Å². The van der Waals surface area contributed by atoms with Crippen LogP contribution in [-0.4, -0.2) is 59.5 Å². The molecule has 1 saturated carbocycles. The number of carbonyl (C=O) groups excluding carboxylic acids is 1. The van der Waals surface area contributed by atoms with Crippen LogP contribution in [0, 0.1) is 30.3 Å². The van der Waals surface area contributed by atoms with Gasteiger partial charge in [-0.05, 0) is 57.7 Å². The zero-order valence-electron chi connectivity index (χ0n) is 28.9. The number of benzene rings is 2. The Morgan fingerprint density at radius 3 is 2.57 bits per heavy atom. The minimum Gasteiger partial charge on any atom is -0.492 e. The number of pyridine rings is 1. The van der Waals surface area contributed by atoms with E-state index >= 15 is 8.78 Å². The van der Waals surface area contributed by atoms with Crippen molar-refractivity contribution < 1.29 is 27.8 Å². The number of aliphatic hydroxyl groups excluding tert-OH is 1. The summed E-state index contributed by atoms with van der Waals surface area (Å²) in [6.45, 7) is 8.23. The van der Waals surface area contributed by atoms with Gasteiger partial charge >= 0.3 is 0 Å². The zero-order chi connectivity index (χ0) is 35.9. The van der Waals surface area contributed by atoms with Gasteiger partial charge in [-0.1, -0.05) is 13.0 Å². The van der Waals surface area contributed by atoms with Crippen molar-refractivity contribution in [3.05, 3.63) is 70.7 Å². The van der Waals surface area contributed by atoms with E-state index in [1.54, 1.807) is 0 Å². The summed E-state index contributed by atoms with van der Waals surface area (Å²) in [4.78, 5) is 24.6. The van der Waals surface area contributed by atoms with E-state index in [0.29, 0.717) is 47.5 Å². The number of carbonyl (C=O) groups is 1. The first-order valence-electron chi connectivity index (χ1n) is 17.2. The highest BCUT2D eigenvalue weighted by Gasteiger charge is 2.35. The summed E-state index contributed by atoms with van der Waals surface area (Å²) in [6, 6.07) is 8.95. The third-order valence-electron chi connectivity index (χ3n) is 10.4. The molecular formula is C38H37F3N6O3S. The molecule has 1 fully saturated rings. The Labute approximate surface area is 296 Å². The van der Waals surface area contributed by atoms with Crippen LogP contribution >= 0.6 is 11.3 Å². The number of hydrogen-bond acceptors (Lipinski definition) is 7. The largest absolute Gasteiger partial charge is 0.492 e. The van der Waals surface area contributed by atoms with Crippen molar-refractivity contribution in [1.82, 2.24) is 29.2 Å². The van der Waals surface area contributed by atoms with Crippen LogP contribution in [0.1, 0.15) is 63.6 Å². The van der Waals surface area contributed by atoms with Crippen molar-refractivity contribution in [2.45, 2.75) is 65.1 Å². The molecule has 1 aliphatic heterocycles. The Balaban J connectivity index is 1.40. The van der Waals surface area contributed by atoms with Gasteiger partial charge in [0, 0.05) is 54.0 Å². The van der Waals surface area contributed by atoms with Gasteiger partial charge in [-0.25, -0.2) is 23.1 Å². The minimum absolute atomic E-state index is 0.0128. The van der Waals surface area contributed by atoms with Gasteiger partial charge in [-0.2, -0.15) is 5.10 Å². The van der Waals surface area contributed by atoms with E-state index in [2.05, 4.69) is 0 Å². The van der Waals surface area contributed by atoms with Crippen LogP contribution in [0.4, 0.5) is 13.2 Å². The van der Waals surface area contributed by atoms with Crippen molar-refractivity contribution in [3.8, 4) is 39.5 Å². The predicted octanol–water partition coefficient (Wildman–Crippen LogP) is 8.13. The smallest absolute Gasteiger partial charge is 0.222 e. The summed E-state index contributed by atoms with van der Waals surface area (Å²) in [5.41, 5.74) is 4.09. The molecule has 0 bridgehead atoms. The highest BCUT2D eigenvalue weighted by atomic mass is 32.1. The summed E-state index contributed by atoms with van der Waals surface area (Å²) >= 11 is 1.14. The van der Waals surface area contributed by atoms with E-state index in [0.717, 1.165) is 46.0 Å². The Hall–Kier alpha value is -4.75. The van der Waals surface area contributed by atoms with Crippen LogP contribution in [0.3, 0.4) is 0 Å². The second-order valence-electron chi connectivity index (χ2n) is 13.8. The van der Waals surface area contributed by atoms with Crippen molar-refractivity contribution in [2.75, 3.05) is 13.2 Å². The van der Waals surface area contributed by atoms with Crippen LogP contribution in [0.2, 0.25) is 0 Å². The molecule has 2 aromatic carbocycles. The first-order chi connectivity index (χ1) is 24.4. The summed E-state index contributed by atoms with van der Waals surface area (Å²) in [6.07, 6.45) is 0.964. The molecule has 51 heavy (non-hydrogen) atoms. The summed E-state index contributed by atoms with van der Waals surface area (Å²) < 4.78 is 57.9. The number of fused-ring (bicyclic) bond motifs is 3. The summed E-state index contributed by atoms with van der Waals surface area (Å²) in [5.74, 6) is -1.60. The first kappa shape index (κ1) is 33.4.